The molecule has 1 aliphatic rings. The fourth-order valence-electron chi connectivity index (χ4n) is 1.62. The maximum absolute atomic E-state index is 13.5. The molecule has 1 N–H and O–H groups in total. The molecule has 0 aromatic heterocycles. The molecule has 1 aromatic carbocycles. The van der Waals surface area contributed by atoms with Gasteiger partial charge in [0.05, 0.1) is 17.2 Å². The van der Waals surface area contributed by atoms with Gasteiger partial charge in [-0.3, -0.25) is 4.79 Å². The highest BCUT2D eigenvalue weighted by Gasteiger charge is 2.26. The third kappa shape index (κ3) is 3.74. The zero-order valence-electron chi connectivity index (χ0n) is 11.1. The lowest BCUT2D eigenvalue weighted by atomic mass is 10.0. The molecule has 2 rings (SSSR count). The zero-order valence-corrected chi connectivity index (χ0v) is 12.6. The quantitative estimate of drug-likeness (QED) is 0.225. The van der Waals surface area contributed by atoms with E-state index < -0.39 is 17.6 Å². The molecule has 0 saturated heterocycles. The average molecular weight is 332 g/mol. The van der Waals surface area contributed by atoms with E-state index in [1.165, 1.54) is 6.20 Å². The standard InChI is InChI=1S/C14H12Cl2FNO3/c1-21-14(20)9(6-18-7-2-3-7)13(19)8-4-12(17)11(16)5-10(8)15/h4-7,18H,2-3H2,1H3. The first kappa shape index (κ1) is 15.8. The molecule has 4 nitrogen and oxygen atoms in total. The summed E-state index contributed by atoms with van der Waals surface area (Å²) in [5.41, 5.74) is -0.388. The van der Waals surface area contributed by atoms with Crippen LogP contribution in [0.1, 0.15) is 23.2 Å². The van der Waals surface area contributed by atoms with Gasteiger partial charge in [0.1, 0.15) is 11.4 Å². The van der Waals surface area contributed by atoms with E-state index in [9.17, 15) is 14.0 Å². The Hall–Kier alpha value is -1.59. The van der Waals surface area contributed by atoms with Crippen LogP contribution in [-0.4, -0.2) is 24.9 Å². The van der Waals surface area contributed by atoms with E-state index in [0.717, 1.165) is 32.1 Å². The molecule has 21 heavy (non-hydrogen) atoms. The molecule has 0 bridgehead atoms. The summed E-state index contributed by atoms with van der Waals surface area (Å²) in [6.07, 6.45) is 3.22. The molecule has 0 spiro atoms. The van der Waals surface area contributed by atoms with Crippen LogP contribution in [0.2, 0.25) is 10.0 Å². The van der Waals surface area contributed by atoms with Crippen LogP contribution in [0.4, 0.5) is 4.39 Å². The minimum atomic E-state index is -0.820. The molecule has 1 saturated carbocycles. The number of rotatable bonds is 5. The first-order chi connectivity index (χ1) is 9.93. The van der Waals surface area contributed by atoms with Gasteiger partial charge < -0.3 is 10.1 Å². The highest BCUT2D eigenvalue weighted by molar-refractivity contribution is 6.39. The second-order valence-corrected chi connectivity index (χ2v) is 5.38. The molecule has 0 unspecified atom stereocenters. The lowest BCUT2D eigenvalue weighted by Gasteiger charge is -2.08. The van der Waals surface area contributed by atoms with Crippen LogP contribution < -0.4 is 5.32 Å². The van der Waals surface area contributed by atoms with Gasteiger partial charge in [0.25, 0.3) is 0 Å². The summed E-state index contributed by atoms with van der Waals surface area (Å²) in [5, 5.41) is 2.69. The molecule has 1 aliphatic carbocycles. The summed E-state index contributed by atoms with van der Waals surface area (Å²) in [4.78, 5) is 24.1. The first-order valence-electron chi connectivity index (χ1n) is 6.17. The molecule has 0 atom stereocenters. The van der Waals surface area contributed by atoms with Crippen molar-refractivity contribution in [3.63, 3.8) is 0 Å². The van der Waals surface area contributed by atoms with Crippen LogP contribution in [0.25, 0.3) is 0 Å². The van der Waals surface area contributed by atoms with Crippen molar-refractivity contribution >= 4 is 35.0 Å². The SMILES string of the molecule is COC(=O)C(=CNC1CC1)C(=O)c1cc(F)c(Cl)cc1Cl. The molecule has 1 fully saturated rings. The zero-order chi connectivity index (χ0) is 15.6. The number of ether oxygens (including phenoxy) is 1. The number of benzene rings is 1. The number of esters is 1. The lowest BCUT2D eigenvalue weighted by Crippen LogP contribution is -2.20. The second-order valence-electron chi connectivity index (χ2n) is 4.57. The van der Waals surface area contributed by atoms with E-state index in [2.05, 4.69) is 10.1 Å². The van der Waals surface area contributed by atoms with Crippen LogP contribution >= 0.6 is 23.2 Å². The summed E-state index contributed by atoms with van der Waals surface area (Å²) in [5.74, 6) is -2.33. The summed E-state index contributed by atoms with van der Waals surface area (Å²) in [7, 11) is 1.16. The molecular weight excluding hydrogens is 320 g/mol. The number of carbonyl (C=O) groups excluding carboxylic acids is 2. The van der Waals surface area contributed by atoms with Crippen LogP contribution in [-0.2, 0) is 9.53 Å². The fourth-order valence-corrected chi connectivity index (χ4v) is 2.09. The van der Waals surface area contributed by atoms with Crippen molar-refractivity contribution in [2.24, 2.45) is 0 Å². The largest absolute Gasteiger partial charge is 0.465 e. The van der Waals surface area contributed by atoms with Crippen molar-refractivity contribution in [3.8, 4) is 0 Å². The van der Waals surface area contributed by atoms with E-state index in [4.69, 9.17) is 23.2 Å². The van der Waals surface area contributed by atoms with Gasteiger partial charge in [0.15, 0.2) is 0 Å². The number of carbonyl (C=O) groups is 2. The van der Waals surface area contributed by atoms with Crippen molar-refractivity contribution in [2.75, 3.05) is 7.11 Å². The van der Waals surface area contributed by atoms with Crippen LogP contribution in [0.3, 0.4) is 0 Å². The first-order valence-corrected chi connectivity index (χ1v) is 6.93. The van der Waals surface area contributed by atoms with Gasteiger partial charge in [-0.2, -0.15) is 0 Å². The van der Waals surface area contributed by atoms with Gasteiger partial charge in [-0.05, 0) is 25.0 Å². The monoisotopic (exact) mass is 331 g/mol. The summed E-state index contributed by atoms with van der Waals surface area (Å²) < 4.78 is 18.1. The van der Waals surface area contributed by atoms with E-state index >= 15 is 0 Å². The van der Waals surface area contributed by atoms with Crippen LogP contribution in [0.15, 0.2) is 23.9 Å². The third-order valence-electron chi connectivity index (χ3n) is 2.95. The number of nitrogens with one attached hydrogen (secondary N) is 1. The van der Waals surface area contributed by atoms with E-state index in [1.54, 1.807) is 0 Å². The Morgan fingerprint density at radius 2 is 2.00 bits per heavy atom. The van der Waals surface area contributed by atoms with Crippen molar-refractivity contribution in [1.29, 1.82) is 0 Å². The summed E-state index contributed by atoms with van der Waals surface area (Å²) in [6.45, 7) is 0. The number of hydrogen-bond acceptors (Lipinski definition) is 4. The van der Waals surface area contributed by atoms with Crippen molar-refractivity contribution < 1.29 is 18.7 Å². The van der Waals surface area contributed by atoms with Gasteiger partial charge >= 0.3 is 5.97 Å². The smallest absolute Gasteiger partial charge is 0.343 e. The molecule has 0 heterocycles. The van der Waals surface area contributed by atoms with Crippen LogP contribution in [0, 0.1) is 5.82 Å². The molecule has 1 aromatic rings. The van der Waals surface area contributed by atoms with Gasteiger partial charge in [-0.15, -0.1) is 0 Å². The van der Waals surface area contributed by atoms with E-state index in [1.807, 2.05) is 0 Å². The normalized spacial score (nSPS) is 14.8. The van der Waals surface area contributed by atoms with E-state index in [-0.39, 0.29) is 27.2 Å². The van der Waals surface area contributed by atoms with Gasteiger partial charge in [0.2, 0.25) is 5.78 Å². The Balaban J connectivity index is 2.35. The van der Waals surface area contributed by atoms with Gasteiger partial charge in [-0.25, -0.2) is 9.18 Å². The predicted molar refractivity (Wildman–Crippen MR) is 77.0 cm³/mol. The van der Waals surface area contributed by atoms with Gasteiger partial charge in [0, 0.05) is 17.8 Å². The predicted octanol–water partition coefficient (Wildman–Crippen LogP) is 3.12. The maximum Gasteiger partial charge on any atom is 0.343 e. The number of ketones is 1. The Bertz CT molecular complexity index is 627. The van der Waals surface area contributed by atoms with Crippen molar-refractivity contribution in [2.45, 2.75) is 18.9 Å². The highest BCUT2D eigenvalue weighted by atomic mass is 35.5. The molecule has 112 valence electrons. The van der Waals surface area contributed by atoms with Gasteiger partial charge in [-0.1, -0.05) is 23.2 Å². The Labute approximate surface area is 130 Å². The lowest BCUT2D eigenvalue weighted by molar-refractivity contribution is -0.135. The Morgan fingerprint density at radius 3 is 2.57 bits per heavy atom. The van der Waals surface area contributed by atoms with Crippen molar-refractivity contribution in [1.82, 2.24) is 5.32 Å². The molecule has 0 amide bonds. The molecule has 0 radical (unpaired) electrons. The second kappa shape index (κ2) is 6.45. The van der Waals surface area contributed by atoms with Crippen molar-refractivity contribution in [3.05, 3.63) is 45.3 Å². The summed E-state index contributed by atoms with van der Waals surface area (Å²) in [6, 6.07) is 2.27. The number of hydrogen-bond donors (Lipinski definition) is 1. The average Bonchev–Trinajstić information content (AvgIpc) is 3.26. The number of halogens is 3. The minimum absolute atomic E-state index is 0.0346. The molecule has 7 heteroatoms. The van der Waals surface area contributed by atoms with Crippen LogP contribution in [0.5, 0.6) is 0 Å². The fraction of sp³-hybridized carbons (Fsp3) is 0.286. The van der Waals surface area contributed by atoms with E-state index in [0.29, 0.717) is 0 Å². The molecule has 0 aliphatic heterocycles. The topological polar surface area (TPSA) is 55.4 Å². The minimum Gasteiger partial charge on any atom is -0.465 e. The Kier molecular flexibility index (Phi) is 4.85. The summed E-state index contributed by atoms with van der Waals surface area (Å²) >= 11 is 11.5. The Morgan fingerprint density at radius 1 is 1.33 bits per heavy atom. The highest BCUT2D eigenvalue weighted by Crippen LogP contribution is 2.26. The third-order valence-corrected chi connectivity index (χ3v) is 3.55. The maximum atomic E-state index is 13.5. The molecular formula is C14H12Cl2FNO3. The number of Topliss-reactive ketones (excluding diaryl/α,β-unsaturated/α-hetero) is 1. The number of methoxy groups -OCH3 is 1.